The Morgan fingerprint density at radius 1 is 1.59 bits per heavy atom. The summed E-state index contributed by atoms with van der Waals surface area (Å²) in [6, 6.07) is -0.247. The molecule has 0 aromatic carbocycles. The lowest BCUT2D eigenvalue weighted by Crippen LogP contribution is -2.49. The third-order valence-corrected chi connectivity index (χ3v) is 2.64. The first-order valence-electron chi connectivity index (χ1n) is 6.05. The van der Waals surface area contributed by atoms with Crippen molar-refractivity contribution in [3.05, 3.63) is 0 Å². The highest BCUT2D eigenvalue weighted by Gasteiger charge is 2.33. The Kier molecular flexibility index (Phi) is 4.77. The van der Waals surface area contributed by atoms with Crippen LogP contribution in [0.2, 0.25) is 0 Å². The fraction of sp³-hybridized carbons (Fsp3) is 0.917. The maximum absolute atomic E-state index is 12.1. The third kappa shape index (κ3) is 4.16. The van der Waals surface area contributed by atoms with Crippen molar-refractivity contribution in [3.63, 3.8) is 0 Å². The molecule has 1 saturated heterocycles. The number of rotatable bonds is 3. The lowest BCUT2D eigenvalue weighted by molar-refractivity contribution is -0.00174. The minimum atomic E-state index is -0.524. The molecule has 1 N–H and O–H groups in total. The van der Waals surface area contributed by atoms with Gasteiger partial charge in [-0.2, -0.15) is 0 Å². The van der Waals surface area contributed by atoms with Crippen molar-refractivity contribution in [1.29, 1.82) is 0 Å². The van der Waals surface area contributed by atoms with Crippen LogP contribution < -0.4 is 0 Å². The number of carbonyl (C=O) groups excluding carboxylic acids is 1. The number of amides is 1. The predicted molar refractivity (Wildman–Crippen MR) is 63.8 cm³/mol. The van der Waals surface area contributed by atoms with Gasteiger partial charge >= 0.3 is 6.09 Å². The molecule has 0 spiro atoms. The molecule has 100 valence electrons. The molecular weight excluding hydrogens is 222 g/mol. The molecule has 0 bridgehead atoms. The Balaban J connectivity index is 2.71. The molecule has 2 unspecified atom stereocenters. The normalized spacial score (nSPS) is 22.3. The average molecular weight is 245 g/mol. The molecule has 0 aliphatic carbocycles. The number of hydrogen-bond acceptors (Lipinski definition) is 4. The van der Waals surface area contributed by atoms with Gasteiger partial charge in [0.05, 0.1) is 25.3 Å². The highest BCUT2D eigenvalue weighted by Crippen LogP contribution is 2.19. The monoisotopic (exact) mass is 245 g/mol. The molecule has 0 aromatic rings. The van der Waals surface area contributed by atoms with Crippen molar-refractivity contribution < 1.29 is 19.4 Å². The summed E-state index contributed by atoms with van der Waals surface area (Å²) >= 11 is 0. The second-order valence-electron chi connectivity index (χ2n) is 5.44. The number of hydrogen-bond donors (Lipinski definition) is 1. The van der Waals surface area contributed by atoms with E-state index in [0.717, 1.165) is 6.42 Å². The first kappa shape index (κ1) is 14.3. The zero-order valence-electron chi connectivity index (χ0n) is 11.1. The van der Waals surface area contributed by atoms with Gasteiger partial charge in [-0.05, 0) is 34.1 Å². The minimum Gasteiger partial charge on any atom is -0.444 e. The van der Waals surface area contributed by atoms with E-state index in [0.29, 0.717) is 13.2 Å². The molecule has 1 fully saturated rings. The van der Waals surface area contributed by atoms with Crippen molar-refractivity contribution in [2.75, 3.05) is 19.8 Å². The van der Waals surface area contributed by atoms with E-state index in [9.17, 15) is 9.90 Å². The fourth-order valence-corrected chi connectivity index (χ4v) is 1.83. The molecule has 0 radical (unpaired) electrons. The Bertz CT molecular complexity index is 256. The maximum atomic E-state index is 12.1. The van der Waals surface area contributed by atoms with Crippen LogP contribution in [0.4, 0.5) is 4.79 Å². The Morgan fingerprint density at radius 3 is 2.65 bits per heavy atom. The van der Waals surface area contributed by atoms with Gasteiger partial charge in [0.2, 0.25) is 0 Å². The molecule has 5 heteroatoms. The van der Waals surface area contributed by atoms with Crippen molar-refractivity contribution >= 4 is 6.09 Å². The van der Waals surface area contributed by atoms with Gasteiger partial charge in [-0.25, -0.2) is 4.79 Å². The van der Waals surface area contributed by atoms with E-state index in [1.807, 2.05) is 27.7 Å². The fourth-order valence-electron chi connectivity index (χ4n) is 1.83. The number of ether oxygens (including phenoxy) is 2. The van der Waals surface area contributed by atoms with Crippen LogP contribution in [0.1, 0.15) is 34.1 Å². The lowest BCUT2D eigenvalue weighted by atomic mass is 10.1. The van der Waals surface area contributed by atoms with Gasteiger partial charge in [0.15, 0.2) is 0 Å². The van der Waals surface area contributed by atoms with E-state index < -0.39 is 5.60 Å². The molecule has 5 nitrogen and oxygen atoms in total. The second kappa shape index (κ2) is 5.69. The summed E-state index contributed by atoms with van der Waals surface area (Å²) in [4.78, 5) is 13.7. The Hall–Kier alpha value is -0.810. The molecule has 0 saturated carbocycles. The van der Waals surface area contributed by atoms with E-state index in [4.69, 9.17) is 9.47 Å². The van der Waals surface area contributed by atoms with Crippen molar-refractivity contribution in [2.45, 2.75) is 51.8 Å². The van der Waals surface area contributed by atoms with Gasteiger partial charge in [0, 0.05) is 6.61 Å². The van der Waals surface area contributed by atoms with E-state index >= 15 is 0 Å². The lowest BCUT2D eigenvalue weighted by Gasteiger charge is -2.34. The van der Waals surface area contributed by atoms with Crippen LogP contribution in [-0.4, -0.2) is 53.6 Å². The van der Waals surface area contributed by atoms with E-state index in [1.165, 1.54) is 0 Å². The van der Waals surface area contributed by atoms with Crippen LogP contribution in [0.25, 0.3) is 0 Å². The Morgan fingerprint density at radius 2 is 2.24 bits per heavy atom. The van der Waals surface area contributed by atoms with Crippen LogP contribution >= 0.6 is 0 Å². The van der Waals surface area contributed by atoms with Gasteiger partial charge < -0.3 is 14.6 Å². The molecule has 1 heterocycles. The predicted octanol–water partition coefficient (Wildman–Crippen LogP) is 1.39. The van der Waals surface area contributed by atoms with E-state index in [1.54, 1.807) is 4.90 Å². The van der Waals surface area contributed by atoms with Gasteiger partial charge in [0.1, 0.15) is 5.60 Å². The molecular formula is C12H23NO4. The van der Waals surface area contributed by atoms with E-state index in [2.05, 4.69) is 0 Å². The van der Waals surface area contributed by atoms with Gasteiger partial charge in [-0.15, -0.1) is 0 Å². The summed E-state index contributed by atoms with van der Waals surface area (Å²) < 4.78 is 10.6. The maximum Gasteiger partial charge on any atom is 0.410 e. The first-order valence-corrected chi connectivity index (χ1v) is 6.05. The zero-order valence-corrected chi connectivity index (χ0v) is 11.1. The molecule has 1 aliphatic heterocycles. The summed E-state index contributed by atoms with van der Waals surface area (Å²) in [5.74, 6) is 0. The van der Waals surface area contributed by atoms with Crippen LogP contribution in [-0.2, 0) is 9.47 Å². The number of aliphatic hydroxyl groups is 1. The first-order chi connectivity index (χ1) is 7.85. The number of nitrogens with zero attached hydrogens (tertiary/aromatic N) is 1. The third-order valence-electron chi connectivity index (χ3n) is 2.64. The smallest absolute Gasteiger partial charge is 0.410 e. The Labute approximate surface area is 103 Å². The average Bonchev–Trinajstić information content (AvgIpc) is 2.68. The summed E-state index contributed by atoms with van der Waals surface area (Å²) in [6.45, 7) is 8.40. The van der Waals surface area contributed by atoms with E-state index in [-0.39, 0.29) is 24.8 Å². The van der Waals surface area contributed by atoms with Gasteiger partial charge in [0.25, 0.3) is 0 Å². The summed E-state index contributed by atoms with van der Waals surface area (Å²) in [7, 11) is 0. The summed E-state index contributed by atoms with van der Waals surface area (Å²) in [5.41, 5.74) is -0.524. The number of carbonyl (C=O) groups is 1. The standard InChI is InChI=1S/C12H23NO4/c1-9(7-14)13(10-5-6-16-8-10)11(15)17-12(2,3)4/h9-10,14H,5-8H2,1-4H3. The highest BCUT2D eigenvalue weighted by molar-refractivity contribution is 5.69. The van der Waals surface area contributed by atoms with Crippen molar-refractivity contribution in [3.8, 4) is 0 Å². The van der Waals surface area contributed by atoms with Crippen LogP contribution in [0.5, 0.6) is 0 Å². The van der Waals surface area contributed by atoms with Crippen LogP contribution in [0.3, 0.4) is 0 Å². The molecule has 2 atom stereocenters. The SMILES string of the molecule is CC(CO)N(C(=O)OC(C)(C)C)C1CCOC1. The summed E-state index contributed by atoms with van der Waals surface area (Å²) in [6.07, 6.45) is 0.415. The largest absolute Gasteiger partial charge is 0.444 e. The molecule has 0 aromatic heterocycles. The second-order valence-corrected chi connectivity index (χ2v) is 5.44. The highest BCUT2D eigenvalue weighted by atomic mass is 16.6. The quantitative estimate of drug-likeness (QED) is 0.816. The topological polar surface area (TPSA) is 59.0 Å². The minimum absolute atomic E-state index is 0.00648. The summed E-state index contributed by atoms with van der Waals surface area (Å²) in [5, 5.41) is 9.22. The zero-order chi connectivity index (χ0) is 13.1. The molecule has 1 aliphatic rings. The number of aliphatic hydroxyl groups excluding tert-OH is 1. The molecule has 17 heavy (non-hydrogen) atoms. The molecule has 1 amide bonds. The van der Waals surface area contributed by atoms with Crippen molar-refractivity contribution in [1.82, 2.24) is 4.90 Å². The molecule has 1 rings (SSSR count). The van der Waals surface area contributed by atoms with Gasteiger partial charge in [-0.3, -0.25) is 4.90 Å². The van der Waals surface area contributed by atoms with Crippen LogP contribution in [0, 0.1) is 0 Å². The van der Waals surface area contributed by atoms with Crippen molar-refractivity contribution in [2.24, 2.45) is 0 Å². The van der Waals surface area contributed by atoms with Crippen LogP contribution in [0.15, 0.2) is 0 Å². The van der Waals surface area contributed by atoms with Gasteiger partial charge in [-0.1, -0.05) is 0 Å².